The van der Waals surface area contributed by atoms with Gasteiger partial charge in [-0.2, -0.15) is 5.26 Å². The molecule has 2 unspecified atom stereocenters. The van der Waals surface area contributed by atoms with Crippen LogP contribution in [0.2, 0.25) is 0 Å². The molecule has 3 rings (SSSR count). The molecule has 200 valence electrons. The number of hydrogen-bond donors (Lipinski definition) is 0. The average molecular weight is 499 g/mol. The number of rotatable bonds is 7. The summed E-state index contributed by atoms with van der Waals surface area (Å²) in [4.78, 5) is 16.0. The first-order chi connectivity index (χ1) is 17.2. The Balaban J connectivity index is 0.00000154. The highest BCUT2D eigenvalue weighted by molar-refractivity contribution is 5.54. The summed E-state index contributed by atoms with van der Waals surface area (Å²) in [6.07, 6.45) is 10.2. The quantitative estimate of drug-likeness (QED) is 0.351. The molecule has 2 atom stereocenters. The van der Waals surface area contributed by atoms with Crippen LogP contribution in [0, 0.1) is 16.7 Å². The first kappa shape index (κ1) is 31.5. The lowest BCUT2D eigenvalue weighted by atomic mass is 9.95. The molecule has 1 saturated heterocycles. The van der Waals surface area contributed by atoms with E-state index < -0.39 is 5.83 Å². The maximum Gasteiger partial charge on any atom is 0.234 e. The van der Waals surface area contributed by atoms with Crippen molar-refractivity contribution >= 4 is 5.82 Å². The van der Waals surface area contributed by atoms with Crippen molar-refractivity contribution < 1.29 is 4.39 Å². The van der Waals surface area contributed by atoms with E-state index in [9.17, 15) is 9.65 Å². The Kier molecular flexibility index (Phi) is 13.6. The van der Waals surface area contributed by atoms with E-state index >= 15 is 0 Å². The summed E-state index contributed by atoms with van der Waals surface area (Å²) >= 11 is 0. The van der Waals surface area contributed by atoms with Gasteiger partial charge in [0, 0.05) is 63.1 Å². The van der Waals surface area contributed by atoms with Crippen molar-refractivity contribution in [1.29, 1.82) is 5.26 Å². The third-order valence-electron chi connectivity index (χ3n) is 5.92. The molecule has 0 aliphatic carbocycles. The van der Waals surface area contributed by atoms with Crippen LogP contribution in [0.4, 0.5) is 10.2 Å². The molecule has 7 heteroatoms. The van der Waals surface area contributed by atoms with Crippen molar-refractivity contribution in [2.45, 2.75) is 73.9 Å². The fraction of sp³-hybridized carbons (Fsp3) is 0.621. The van der Waals surface area contributed by atoms with Gasteiger partial charge in [0.1, 0.15) is 17.7 Å². The largest absolute Gasteiger partial charge is 0.351 e. The summed E-state index contributed by atoms with van der Waals surface area (Å²) in [5.74, 6) is 0.733. The zero-order valence-corrected chi connectivity index (χ0v) is 23.8. The molecule has 2 aliphatic rings. The SMILES string of the molecule is C=C(F)/C=C\C(C=CC)N1CCN(CC2Cc3cnc(C#N)nc3N2CC(C)(C)C)CC1.CC.CC. The molecule has 0 spiro atoms. The van der Waals surface area contributed by atoms with Gasteiger partial charge in [-0.1, -0.05) is 73.3 Å². The number of allylic oxidation sites excluding steroid dienone is 3. The predicted molar refractivity (Wildman–Crippen MR) is 150 cm³/mol. The van der Waals surface area contributed by atoms with Gasteiger partial charge in [0.25, 0.3) is 0 Å². The van der Waals surface area contributed by atoms with E-state index in [0.29, 0.717) is 6.04 Å². The molecule has 0 bridgehead atoms. The van der Waals surface area contributed by atoms with Crippen LogP contribution in [0.3, 0.4) is 0 Å². The first-order valence-corrected chi connectivity index (χ1v) is 13.3. The Labute approximate surface area is 219 Å². The van der Waals surface area contributed by atoms with E-state index in [4.69, 9.17) is 0 Å². The van der Waals surface area contributed by atoms with Gasteiger partial charge in [0.2, 0.25) is 5.82 Å². The number of fused-ring (bicyclic) bond motifs is 1. The molecule has 1 aromatic rings. The number of nitrogens with zero attached hydrogens (tertiary/aromatic N) is 6. The van der Waals surface area contributed by atoms with E-state index in [1.54, 1.807) is 0 Å². The summed E-state index contributed by atoms with van der Waals surface area (Å²) in [7, 11) is 0. The van der Waals surface area contributed by atoms with Crippen LogP contribution in [-0.2, 0) is 6.42 Å². The fourth-order valence-corrected chi connectivity index (χ4v) is 4.51. The predicted octanol–water partition coefficient (Wildman–Crippen LogP) is 5.78. The molecule has 1 aromatic heterocycles. The van der Waals surface area contributed by atoms with Crippen LogP contribution < -0.4 is 4.90 Å². The lowest BCUT2D eigenvalue weighted by Crippen LogP contribution is -2.53. The standard InChI is InChI=1S/C25H35FN6.2C2H6/c1-6-7-21(9-8-19(2)26)31-12-10-30(11-13-31)17-22-14-20-16-28-23(15-27)29-24(20)32(22)18-25(3,4)5;2*1-2/h6-9,16,21-22H,2,10-14,17-18H2,1,3-5H3;2*1-2H3/b7-6?,9-8-;;. The van der Waals surface area contributed by atoms with Crippen molar-refractivity contribution in [3.8, 4) is 6.07 Å². The molecule has 2 aliphatic heterocycles. The molecular weight excluding hydrogens is 451 g/mol. The summed E-state index contributed by atoms with van der Waals surface area (Å²) in [5.41, 5.74) is 1.24. The molecule has 6 nitrogen and oxygen atoms in total. The minimum Gasteiger partial charge on any atom is -0.351 e. The van der Waals surface area contributed by atoms with E-state index in [1.807, 2.05) is 53.0 Å². The van der Waals surface area contributed by atoms with E-state index in [-0.39, 0.29) is 17.3 Å². The summed E-state index contributed by atoms with van der Waals surface area (Å²) in [5, 5.41) is 9.25. The minimum atomic E-state index is -0.416. The van der Waals surface area contributed by atoms with Gasteiger partial charge < -0.3 is 4.90 Å². The summed E-state index contributed by atoms with van der Waals surface area (Å²) < 4.78 is 13.1. The number of halogens is 1. The normalized spacial score (nSPS) is 19.2. The second-order valence-corrected chi connectivity index (χ2v) is 9.86. The zero-order chi connectivity index (χ0) is 27.3. The minimum absolute atomic E-state index is 0.0856. The van der Waals surface area contributed by atoms with Gasteiger partial charge in [-0.3, -0.25) is 9.80 Å². The molecule has 3 heterocycles. The molecule has 0 saturated carbocycles. The Hall–Kier alpha value is -2.56. The highest BCUT2D eigenvalue weighted by Gasteiger charge is 2.35. The van der Waals surface area contributed by atoms with E-state index in [2.05, 4.69) is 64.2 Å². The van der Waals surface area contributed by atoms with Gasteiger partial charge in [-0.15, -0.1) is 0 Å². The van der Waals surface area contributed by atoms with Gasteiger partial charge in [0.15, 0.2) is 0 Å². The van der Waals surface area contributed by atoms with Crippen LogP contribution in [0.25, 0.3) is 0 Å². The van der Waals surface area contributed by atoms with Gasteiger partial charge in [0.05, 0.1) is 0 Å². The number of aromatic nitrogens is 2. The number of hydrogen-bond acceptors (Lipinski definition) is 6. The molecule has 0 amide bonds. The van der Waals surface area contributed by atoms with Gasteiger partial charge in [-0.05, 0) is 24.8 Å². The van der Waals surface area contributed by atoms with E-state index in [0.717, 1.165) is 57.1 Å². The number of piperazine rings is 1. The molecule has 0 radical (unpaired) electrons. The van der Waals surface area contributed by atoms with Gasteiger partial charge >= 0.3 is 0 Å². The summed E-state index contributed by atoms with van der Waals surface area (Å²) in [6.45, 7) is 25.6. The van der Waals surface area contributed by atoms with Gasteiger partial charge in [-0.25, -0.2) is 14.4 Å². The monoisotopic (exact) mass is 498 g/mol. The zero-order valence-electron chi connectivity index (χ0n) is 23.8. The highest BCUT2D eigenvalue weighted by atomic mass is 19.1. The second kappa shape index (κ2) is 15.5. The Morgan fingerprint density at radius 3 is 2.36 bits per heavy atom. The second-order valence-electron chi connectivity index (χ2n) is 9.86. The van der Waals surface area contributed by atoms with Crippen molar-refractivity contribution in [1.82, 2.24) is 19.8 Å². The van der Waals surface area contributed by atoms with Crippen molar-refractivity contribution in [2.75, 3.05) is 44.2 Å². The number of anilines is 1. The van der Waals surface area contributed by atoms with E-state index in [1.165, 1.54) is 6.08 Å². The van der Waals surface area contributed by atoms with Crippen LogP contribution >= 0.6 is 0 Å². The fourth-order valence-electron chi connectivity index (χ4n) is 4.51. The smallest absolute Gasteiger partial charge is 0.234 e. The van der Waals surface area contributed by atoms with Crippen molar-refractivity contribution in [3.63, 3.8) is 0 Å². The Bertz CT molecular complexity index is 903. The lowest BCUT2D eigenvalue weighted by Gasteiger charge is -2.40. The highest BCUT2D eigenvalue weighted by Crippen LogP contribution is 2.33. The molecule has 36 heavy (non-hydrogen) atoms. The molecule has 1 fully saturated rings. The maximum absolute atomic E-state index is 13.1. The van der Waals surface area contributed by atoms with Crippen molar-refractivity contribution in [2.24, 2.45) is 5.41 Å². The van der Waals surface area contributed by atoms with Crippen LogP contribution in [-0.4, -0.2) is 71.1 Å². The maximum atomic E-state index is 13.1. The average Bonchev–Trinajstić information content (AvgIpc) is 3.19. The Morgan fingerprint density at radius 2 is 1.83 bits per heavy atom. The third-order valence-corrected chi connectivity index (χ3v) is 5.92. The summed E-state index contributed by atoms with van der Waals surface area (Å²) in [6, 6.07) is 2.48. The van der Waals surface area contributed by atoms with Crippen LogP contribution in [0.1, 0.15) is 66.8 Å². The molecular formula is C29H47FN6. The van der Waals surface area contributed by atoms with Crippen LogP contribution in [0.15, 0.2) is 42.9 Å². The molecule has 0 N–H and O–H groups in total. The Morgan fingerprint density at radius 1 is 1.19 bits per heavy atom. The number of nitriles is 1. The first-order valence-electron chi connectivity index (χ1n) is 13.3. The van der Waals surface area contributed by atoms with Crippen molar-refractivity contribution in [3.05, 3.63) is 54.3 Å². The topological polar surface area (TPSA) is 59.3 Å². The van der Waals surface area contributed by atoms with Crippen LogP contribution in [0.5, 0.6) is 0 Å². The third kappa shape index (κ3) is 9.48. The molecule has 0 aromatic carbocycles. The lowest BCUT2D eigenvalue weighted by molar-refractivity contribution is 0.119.